The highest BCUT2D eigenvalue weighted by Gasteiger charge is 2.44. The lowest BCUT2D eigenvalue weighted by atomic mass is 9.75. The van der Waals surface area contributed by atoms with Crippen LogP contribution in [0, 0.1) is 5.41 Å². The van der Waals surface area contributed by atoms with Gasteiger partial charge in [-0.05, 0) is 19.8 Å². The fourth-order valence-electron chi connectivity index (χ4n) is 1.86. The van der Waals surface area contributed by atoms with E-state index in [1.165, 1.54) is 21.1 Å². The second kappa shape index (κ2) is 8.29. The molecule has 114 valence electrons. The first-order valence-electron chi connectivity index (χ1n) is 6.07. The molecule has 0 rings (SSSR count). The Labute approximate surface area is 117 Å². The van der Waals surface area contributed by atoms with Gasteiger partial charge in [-0.1, -0.05) is 0 Å². The van der Waals surface area contributed by atoms with Crippen molar-refractivity contribution in [2.24, 2.45) is 5.41 Å². The van der Waals surface area contributed by atoms with E-state index in [0.29, 0.717) is 0 Å². The molecule has 0 fully saturated rings. The lowest BCUT2D eigenvalue weighted by Gasteiger charge is -2.27. The Morgan fingerprint density at radius 2 is 1.20 bits per heavy atom. The summed E-state index contributed by atoms with van der Waals surface area (Å²) in [5, 5.41) is 0. The minimum atomic E-state index is -1.53. The van der Waals surface area contributed by atoms with E-state index >= 15 is 0 Å². The maximum absolute atomic E-state index is 11.9. The lowest BCUT2D eigenvalue weighted by Crippen LogP contribution is -2.40. The molecule has 0 aromatic carbocycles. The number of carbonyl (C=O) groups excluding carboxylic acids is 4. The van der Waals surface area contributed by atoms with Crippen molar-refractivity contribution in [3.05, 3.63) is 0 Å². The van der Waals surface area contributed by atoms with Gasteiger partial charge < -0.3 is 14.2 Å². The number of methoxy groups -OCH3 is 3. The SMILES string of the molecule is COC(=O)CCC(CCC(=O)OC)(C(C)=O)C(=O)OC. The monoisotopic (exact) mass is 288 g/mol. The predicted octanol–water partition coefficient (Wildman–Crippen LogP) is 0.641. The van der Waals surface area contributed by atoms with E-state index in [1.54, 1.807) is 0 Å². The summed E-state index contributed by atoms with van der Waals surface area (Å²) in [4.78, 5) is 46.2. The van der Waals surface area contributed by atoms with Crippen LogP contribution in [-0.4, -0.2) is 45.0 Å². The van der Waals surface area contributed by atoms with E-state index in [1.807, 2.05) is 0 Å². The average molecular weight is 288 g/mol. The molecular formula is C13H20O7. The maximum atomic E-state index is 11.9. The topological polar surface area (TPSA) is 96.0 Å². The molecule has 0 saturated heterocycles. The van der Waals surface area contributed by atoms with Gasteiger partial charge in [0.25, 0.3) is 0 Å². The molecule has 0 atom stereocenters. The number of hydrogen-bond donors (Lipinski definition) is 0. The Hall–Kier alpha value is -1.92. The Bertz CT molecular complexity index is 366. The van der Waals surface area contributed by atoms with Gasteiger partial charge in [-0.2, -0.15) is 0 Å². The van der Waals surface area contributed by atoms with E-state index in [2.05, 4.69) is 14.2 Å². The van der Waals surface area contributed by atoms with E-state index in [0.717, 1.165) is 7.11 Å². The van der Waals surface area contributed by atoms with E-state index < -0.39 is 29.1 Å². The van der Waals surface area contributed by atoms with Crippen LogP contribution in [0.15, 0.2) is 0 Å². The molecule has 0 aromatic rings. The third-order valence-corrected chi connectivity index (χ3v) is 3.22. The molecule has 0 aliphatic carbocycles. The van der Waals surface area contributed by atoms with Crippen LogP contribution in [0.5, 0.6) is 0 Å². The van der Waals surface area contributed by atoms with Crippen LogP contribution in [0.3, 0.4) is 0 Å². The summed E-state index contributed by atoms with van der Waals surface area (Å²) in [7, 11) is 3.57. The number of ketones is 1. The molecule has 0 aromatic heterocycles. The van der Waals surface area contributed by atoms with Crippen LogP contribution in [-0.2, 0) is 33.4 Å². The third kappa shape index (κ3) is 4.64. The highest BCUT2D eigenvalue weighted by atomic mass is 16.5. The minimum Gasteiger partial charge on any atom is -0.469 e. The molecule has 0 N–H and O–H groups in total. The zero-order chi connectivity index (χ0) is 15.8. The quantitative estimate of drug-likeness (QED) is 0.367. The zero-order valence-electron chi connectivity index (χ0n) is 12.2. The van der Waals surface area contributed by atoms with Gasteiger partial charge in [0.15, 0.2) is 0 Å². The van der Waals surface area contributed by atoms with Gasteiger partial charge in [-0.15, -0.1) is 0 Å². The molecule has 0 saturated carbocycles. The summed E-state index contributed by atoms with van der Waals surface area (Å²) in [6.45, 7) is 1.23. The lowest BCUT2D eigenvalue weighted by molar-refractivity contribution is -0.160. The van der Waals surface area contributed by atoms with Crippen LogP contribution in [0.4, 0.5) is 0 Å². The van der Waals surface area contributed by atoms with Crippen molar-refractivity contribution in [3.8, 4) is 0 Å². The Kier molecular flexibility index (Phi) is 7.49. The van der Waals surface area contributed by atoms with Crippen molar-refractivity contribution in [2.45, 2.75) is 32.6 Å². The molecule has 0 aliphatic rings. The number of hydrogen-bond acceptors (Lipinski definition) is 7. The first-order chi connectivity index (χ1) is 9.33. The molecule has 0 spiro atoms. The number of carbonyl (C=O) groups is 4. The molecule has 0 radical (unpaired) electrons. The molecule has 20 heavy (non-hydrogen) atoms. The minimum absolute atomic E-state index is 0.0708. The van der Waals surface area contributed by atoms with Crippen molar-refractivity contribution < 1.29 is 33.4 Å². The first kappa shape index (κ1) is 18.1. The molecule has 0 aliphatic heterocycles. The highest BCUT2D eigenvalue weighted by molar-refractivity contribution is 6.03. The molecule has 0 heterocycles. The van der Waals surface area contributed by atoms with Gasteiger partial charge in [0.2, 0.25) is 0 Å². The Balaban J connectivity index is 5.15. The average Bonchev–Trinajstić information content (AvgIpc) is 2.45. The van der Waals surface area contributed by atoms with Gasteiger partial charge >= 0.3 is 17.9 Å². The van der Waals surface area contributed by atoms with Gasteiger partial charge in [0.05, 0.1) is 21.3 Å². The van der Waals surface area contributed by atoms with Crippen molar-refractivity contribution in [1.29, 1.82) is 0 Å². The molecule has 7 nitrogen and oxygen atoms in total. The molecule has 0 bridgehead atoms. The molecule has 7 heteroatoms. The standard InChI is InChI=1S/C13H20O7/c1-9(14)13(12(17)20-4,7-5-10(15)18-2)8-6-11(16)19-3/h5-8H2,1-4H3. The summed E-state index contributed by atoms with van der Waals surface area (Å²) in [5.74, 6) is -2.31. The number of rotatable bonds is 8. The smallest absolute Gasteiger partial charge is 0.319 e. The van der Waals surface area contributed by atoms with Crippen LogP contribution in [0.1, 0.15) is 32.6 Å². The Morgan fingerprint density at radius 3 is 1.45 bits per heavy atom. The van der Waals surface area contributed by atoms with Gasteiger partial charge in [-0.3, -0.25) is 19.2 Å². The van der Waals surface area contributed by atoms with Crippen LogP contribution in [0.25, 0.3) is 0 Å². The number of esters is 3. The number of ether oxygens (including phenoxy) is 3. The van der Waals surface area contributed by atoms with Crippen molar-refractivity contribution in [2.75, 3.05) is 21.3 Å². The van der Waals surface area contributed by atoms with Crippen molar-refractivity contribution >= 4 is 23.7 Å². The summed E-state index contributed by atoms with van der Waals surface area (Å²) >= 11 is 0. The van der Waals surface area contributed by atoms with Gasteiger partial charge in [-0.25, -0.2) is 0 Å². The second-order valence-corrected chi connectivity index (χ2v) is 4.28. The normalized spacial score (nSPS) is 10.6. The summed E-state index contributed by atoms with van der Waals surface area (Å²) < 4.78 is 13.6. The van der Waals surface area contributed by atoms with E-state index in [4.69, 9.17) is 0 Å². The molecular weight excluding hydrogens is 268 g/mol. The second-order valence-electron chi connectivity index (χ2n) is 4.28. The van der Waals surface area contributed by atoms with E-state index in [-0.39, 0.29) is 25.7 Å². The fraction of sp³-hybridized carbons (Fsp3) is 0.692. The predicted molar refractivity (Wildman–Crippen MR) is 67.6 cm³/mol. The van der Waals surface area contributed by atoms with Gasteiger partial charge in [0.1, 0.15) is 11.2 Å². The van der Waals surface area contributed by atoms with Crippen LogP contribution < -0.4 is 0 Å². The number of Topliss-reactive ketones (excluding diaryl/α,β-unsaturated/α-hetero) is 1. The summed E-state index contributed by atoms with van der Waals surface area (Å²) in [6, 6.07) is 0. The molecule has 0 unspecified atom stereocenters. The van der Waals surface area contributed by atoms with Crippen LogP contribution in [0.2, 0.25) is 0 Å². The highest BCUT2D eigenvalue weighted by Crippen LogP contribution is 2.33. The zero-order valence-corrected chi connectivity index (χ0v) is 12.2. The largest absolute Gasteiger partial charge is 0.469 e. The maximum Gasteiger partial charge on any atom is 0.319 e. The summed E-state index contributed by atoms with van der Waals surface area (Å²) in [6.07, 6.45) is -0.379. The fourth-order valence-corrected chi connectivity index (χ4v) is 1.86. The summed E-state index contributed by atoms with van der Waals surface area (Å²) in [5.41, 5.74) is -1.53. The van der Waals surface area contributed by atoms with Crippen molar-refractivity contribution in [3.63, 3.8) is 0 Å². The molecule has 0 amide bonds. The van der Waals surface area contributed by atoms with E-state index in [9.17, 15) is 19.2 Å². The van der Waals surface area contributed by atoms with Crippen LogP contribution >= 0.6 is 0 Å². The third-order valence-electron chi connectivity index (χ3n) is 3.22. The van der Waals surface area contributed by atoms with Gasteiger partial charge in [0, 0.05) is 12.8 Å². The Morgan fingerprint density at radius 1 is 0.800 bits per heavy atom. The van der Waals surface area contributed by atoms with Crippen molar-refractivity contribution in [1.82, 2.24) is 0 Å². The first-order valence-corrected chi connectivity index (χ1v) is 6.07.